The number of ether oxygens (including phenoxy) is 2. The van der Waals surface area contributed by atoms with Crippen LogP contribution in [0.4, 0.5) is 19.0 Å². The van der Waals surface area contributed by atoms with Gasteiger partial charge in [0, 0.05) is 43.5 Å². The van der Waals surface area contributed by atoms with E-state index in [-0.39, 0.29) is 28.0 Å². The molecule has 4 rings (SSSR count). The van der Waals surface area contributed by atoms with Gasteiger partial charge in [-0.1, -0.05) is 0 Å². The molecule has 1 saturated heterocycles. The third kappa shape index (κ3) is 6.96. The first-order chi connectivity index (χ1) is 19.5. The van der Waals surface area contributed by atoms with Gasteiger partial charge in [0.15, 0.2) is 11.9 Å². The van der Waals surface area contributed by atoms with Crippen molar-refractivity contribution >= 4 is 43.5 Å². The van der Waals surface area contributed by atoms with Crippen molar-refractivity contribution in [3.63, 3.8) is 0 Å². The third-order valence-corrected chi connectivity index (χ3v) is 8.48. The number of halogens is 3. The van der Waals surface area contributed by atoms with Gasteiger partial charge in [-0.05, 0) is 65.4 Å². The van der Waals surface area contributed by atoms with E-state index in [1.807, 2.05) is 13.1 Å². The Labute approximate surface area is 246 Å². The first kappa shape index (κ1) is 31.9. The Balaban J connectivity index is 1.91. The second-order valence-electron chi connectivity index (χ2n) is 10.8. The number of carbonyl (C=O) groups is 1. The van der Waals surface area contributed by atoms with Gasteiger partial charge < -0.3 is 23.5 Å². The molecule has 15 heteroatoms. The highest BCUT2D eigenvalue weighted by Gasteiger charge is 2.50. The number of likely N-dealkylation sites (N-methyl/N-ethyl adjacent to an activating group) is 1. The predicted octanol–water partition coefficient (Wildman–Crippen LogP) is 5.07. The summed E-state index contributed by atoms with van der Waals surface area (Å²) in [5, 5.41) is 0.401. The SMILES string of the molecule is CCOC(=O)[C@@H](OC(C)(C)C)c1c(C)cc2nc(-c3ccnc(N4CCN(C)CC4)c3)sc2c1OS(=O)(=O)C(F)(F)F. The summed E-state index contributed by atoms with van der Waals surface area (Å²) in [7, 11) is -4.09. The summed E-state index contributed by atoms with van der Waals surface area (Å²) in [5.41, 5.74) is -5.81. The van der Waals surface area contributed by atoms with Crippen LogP contribution in [0.25, 0.3) is 20.8 Å². The van der Waals surface area contributed by atoms with Crippen molar-refractivity contribution in [1.82, 2.24) is 14.9 Å². The largest absolute Gasteiger partial charge is 0.534 e. The van der Waals surface area contributed by atoms with Crippen LogP contribution < -0.4 is 9.08 Å². The summed E-state index contributed by atoms with van der Waals surface area (Å²) in [6.07, 6.45) is 0.0358. The van der Waals surface area contributed by atoms with Crippen LogP contribution in [0, 0.1) is 6.92 Å². The van der Waals surface area contributed by atoms with Crippen molar-refractivity contribution in [2.75, 3.05) is 44.7 Å². The molecule has 2 aromatic heterocycles. The summed E-state index contributed by atoms with van der Waals surface area (Å²) in [4.78, 5) is 26.5. The number of hydrogen-bond donors (Lipinski definition) is 0. The van der Waals surface area contributed by atoms with Crippen LogP contribution in [0.3, 0.4) is 0 Å². The Bertz CT molecular complexity index is 1560. The van der Waals surface area contributed by atoms with Crippen molar-refractivity contribution in [1.29, 1.82) is 0 Å². The van der Waals surface area contributed by atoms with Gasteiger partial charge in [-0.15, -0.1) is 11.3 Å². The number of esters is 1. The van der Waals surface area contributed by atoms with Crippen molar-refractivity contribution < 1.29 is 40.0 Å². The highest BCUT2D eigenvalue weighted by molar-refractivity contribution is 7.88. The number of nitrogens with zero attached hydrogens (tertiary/aromatic N) is 4. The molecule has 1 aliphatic rings. The lowest BCUT2D eigenvalue weighted by Gasteiger charge is -2.33. The lowest BCUT2D eigenvalue weighted by atomic mass is 10.00. The lowest BCUT2D eigenvalue weighted by molar-refractivity contribution is -0.167. The number of hydrogen-bond acceptors (Lipinski definition) is 11. The molecule has 230 valence electrons. The zero-order valence-corrected chi connectivity index (χ0v) is 25.7. The molecule has 1 aliphatic heterocycles. The molecule has 0 aliphatic carbocycles. The maximum Gasteiger partial charge on any atom is 0.534 e. The molecule has 42 heavy (non-hydrogen) atoms. The number of aryl methyl sites for hydroxylation is 1. The van der Waals surface area contributed by atoms with E-state index >= 15 is 0 Å². The van der Waals surface area contributed by atoms with Gasteiger partial charge >= 0.3 is 21.6 Å². The van der Waals surface area contributed by atoms with Crippen molar-refractivity contribution in [3.8, 4) is 16.3 Å². The number of aromatic nitrogens is 2. The van der Waals surface area contributed by atoms with Gasteiger partial charge in [-0.3, -0.25) is 0 Å². The molecular formula is C27H33F3N4O6S2. The van der Waals surface area contributed by atoms with Gasteiger partial charge in [0.25, 0.3) is 0 Å². The van der Waals surface area contributed by atoms with Crippen molar-refractivity contribution in [2.45, 2.75) is 51.8 Å². The molecule has 3 aromatic rings. The van der Waals surface area contributed by atoms with E-state index in [4.69, 9.17) is 13.7 Å². The van der Waals surface area contributed by atoms with E-state index in [0.717, 1.165) is 37.5 Å². The lowest BCUT2D eigenvalue weighted by Crippen LogP contribution is -2.44. The topological polar surface area (TPSA) is 111 Å². The Morgan fingerprint density at radius 1 is 1.14 bits per heavy atom. The molecule has 1 atom stereocenters. The molecule has 3 heterocycles. The molecule has 0 unspecified atom stereocenters. The van der Waals surface area contributed by atoms with E-state index < -0.39 is 39.1 Å². The van der Waals surface area contributed by atoms with Crippen LogP contribution in [0.1, 0.15) is 44.9 Å². The maximum atomic E-state index is 13.6. The molecule has 1 aromatic carbocycles. The zero-order chi connectivity index (χ0) is 31.0. The minimum absolute atomic E-state index is 0.00296. The van der Waals surface area contributed by atoms with Crippen molar-refractivity contribution in [3.05, 3.63) is 35.5 Å². The maximum absolute atomic E-state index is 13.6. The van der Waals surface area contributed by atoms with Crippen LogP contribution in [0.2, 0.25) is 0 Å². The molecule has 10 nitrogen and oxygen atoms in total. The average Bonchev–Trinajstić information content (AvgIpc) is 3.31. The minimum Gasteiger partial charge on any atom is -0.464 e. The van der Waals surface area contributed by atoms with Crippen LogP contribution in [0.15, 0.2) is 24.4 Å². The third-order valence-electron chi connectivity index (χ3n) is 6.41. The fourth-order valence-electron chi connectivity index (χ4n) is 4.42. The van der Waals surface area contributed by atoms with E-state index in [2.05, 4.69) is 19.8 Å². The Morgan fingerprint density at radius 3 is 2.40 bits per heavy atom. The van der Waals surface area contributed by atoms with Crippen LogP contribution in [-0.4, -0.2) is 80.2 Å². The molecule has 0 spiro atoms. The van der Waals surface area contributed by atoms with E-state index in [1.54, 1.807) is 46.0 Å². The summed E-state index contributed by atoms with van der Waals surface area (Å²) in [6, 6.07) is 5.09. The number of rotatable bonds is 8. The number of alkyl halides is 3. The number of pyridine rings is 1. The first-order valence-corrected chi connectivity index (χ1v) is 15.4. The number of benzene rings is 1. The number of thiazole rings is 1. The van der Waals surface area contributed by atoms with Crippen LogP contribution >= 0.6 is 11.3 Å². The Hall–Kier alpha value is -3.01. The van der Waals surface area contributed by atoms with E-state index in [1.165, 1.54) is 6.92 Å². The molecule has 0 saturated carbocycles. The summed E-state index contributed by atoms with van der Waals surface area (Å²) < 4.78 is 81.2. The smallest absolute Gasteiger partial charge is 0.464 e. The Kier molecular flexibility index (Phi) is 9.07. The fraction of sp³-hybridized carbons (Fsp3) is 0.519. The van der Waals surface area contributed by atoms with Gasteiger partial charge in [-0.2, -0.15) is 21.6 Å². The first-order valence-electron chi connectivity index (χ1n) is 13.2. The minimum atomic E-state index is -6.13. The van der Waals surface area contributed by atoms with Gasteiger partial charge in [-0.25, -0.2) is 14.8 Å². The molecule has 1 fully saturated rings. The van der Waals surface area contributed by atoms with Gasteiger partial charge in [0.1, 0.15) is 10.8 Å². The summed E-state index contributed by atoms with van der Waals surface area (Å²) in [6.45, 7) is 11.2. The number of piperazine rings is 1. The second-order valence-corrected chi connectivity index (χ2v) is 13.4. The monoisotopic (exact) mass is 630 g/mol. The van der Waals surface area contributed by atoms with Gasteiger partial charge in [0.05, 0.1) is 22.4 Å². The highest BCUT2D eigenvalue weighted by Crippen LogP contribution is 2.45. The normalized spacial score (nSPS) is 16.1. The zero-order valence-electron chi connectivity index (χ0n) is 24.1. The van der Waals surface area contributed by atoms with Gasteiger partial charge in [0.2, 0.25) is 0 Å². The quantitative estimate of drug-likeness (QED) is 0.190. The molecule has 0 N–H and O–H groups in total. The fourth-order valence-corrected chi connectivity index (χ4v) is 6.00. The number of carbonyl (C=O) groups excluding carboxylic acids is 1. The van der Waals surface area contributed by atoms with E-state index in [0.29, 0.717) is 16.4 Å². The number of anilines is 1. The summed E-state index contributed by atoms with van der Waals surface area (Å²) >= 11 is 0.937. The Morgan fingerprint density at radius 2 is 1.81 bits per heavy atom. The predicted molar refractivity (Wildman–Crippen MR) is 153 cm³/mol. The molecule has 0 radical (unpaired) electrons. The molecule has 0 bridgehead atoms. The van der Waals surface area contributed by atoms with Crippen molar-refractivity contribution in [2.24, 2.45) is 0 Å². The summed E-state index contributed by atoms with van der Waals surface area (Å²) in [5.74, 6) is -0.865. The van der Waals surface area contributed by atoms with E-state index in [9.17, 15) is 26.4 Å². The second kappa shape index (κ2) is 11.9. The van der Waals surface area contributed by atoms with Crippen LogP contribution in [0.5, 0.6) is 5.75 Å². The van der Waals surface area contributed by atoms with Crippen LogP contribution in [-0.2, 0) is 24.4 Å². The number of fused-ring (bicyclic) bond motifs is 1. The average molecular weight is 631 g/mol. The molecule has 0 amide bonds. The molecular weight excluding hydrogens is 597 g/mol. The standard InChI is InChI=1S/C27H33F3N4O6S2/c1-7-38-25(35)22(39-26(3,4)5)20-16(2)14-18-23(21(20)40-42(36,37)27(28,29)30)41-24(32-18)17-8-9-31-19(15-17)34-12-10-33(6)11-13-34/h8-9,14-15,22H,7,10-13H2,1-6H3/t22-/m0/s1. The highest BCUT2D eigenvalue weighted by atomic mass is 32.2.